The largest absolute Gasteiger partial charge is 0.478 e. The van der Waals surface area contributed by atoms with E-state index in [9.17, 15) is 4.79 Å². The van der Waals surface area contributed by atoms with Crippen molar-refractivity contribution in [3.05, 3.63) is 35.4 Å². The van der Waals surface area contributed by atoms with Gasteiger partial charge in [0.1, 0.15) is 0 Å². The van der Waals surface area contributed by atoms with Crippen LogP contribution in [0.25, 0.3) is 5.69 Å². The molecule has 0 radical (unpaired) electrons. The normalized spacial score (nSPS) is 10.7. The van der Waals surface area contributed by atoms with Gasteiger partial charge in [-0.25, -0.2) is 4.79 Å². The van der Waals surface area contributed by atoms with Gasteiger partial charge < -0.3 is 9.67 Å². The molecule has 5 heteroatoms. The van der Waals surface area contributed by atoms with Gasteiger partial charge in [-0.1, -0.05) is 0 Å². The molecule has 2 heterocycles. The minimum atomic E-state index is -0.900. The summed E-state index contributed by atoms with van der Waals surface area (Å²) in [6.07, 6.45) is 3.57. The second kappa shape index (κ2) is 3.52. The molecule has 0 saturated heterocycles. The van der Waals surface area contributed by atoms with Crippen LogP contribution in [0.4, 0.5) is 0 Å². The van der Waals surface area contributed by atoms with E-state index >= 15 is 0 Å². The van der Waals surface area contributed by atoms with Gasteiger partial charge >= 0.3 is 5.97 Å². The molecule has 0 atom stereocenters. The number of carboxylic acids is 1. The fourth-order valence-electron chi connectivity index (χ4n) is 1.90. The Bertz CT molecular complexity index is 552. The highest BCUT2D eigenvalue weighted by atomic mass is 16.4. The Kier molecular flexibility index (Phi) is 2.30. The molecule has 2 aromatic heterocycles. The summed E-state index contributed by atoms with van der Waals surface area (Å²) in [7, 11) is 1.83. The summed E-state index contributed by atoms with van der Waals surface area (Å²) < 4.78 is 3.57. The predicted octanol–water partition coefficient (Wildman–Crippen LogP) is 1.53. The second-order valence-electron chi connectivity index (χ2n) is 3.80. The van der Waals surface area contributed by atoms with E-state index in [1.54, 1.807) is 23.9 Å². The number of rotatable bonds is 2. The van der Waals surface area contributed by atoms with Crippen molar-refractivity contribution in [1.82, 2.24) is 14.3 Å². The molecule has 0 aromatic carbocycles. The van der Waals surface area contributed by atoms with Crippen LogP contribution in [0.1, 0.15) is 21.7 Å². The van der Waals surface area contributed by atoms with Gasteiger partial charge in [0.25, 0.3) is 0 Å². The minimum Gasteiger partial charge on any atom is -0.478 e. The summed E-state index contributed by atoms with van der Waals surface area (Å²) in [6.45, 7) is 3.68. The van der Waals surface area contributed by atoms with Crippen LogP contribution in [-0.4, -0.2) is 25.4 Å². The van der Waals surface area contributed by atoms with Gasteiger partial charge in [0.15, 0.2) is 0 Å². The molecule has 84 valence electrons. The number of aryl methyl sites for hydroxylation is 2. The van der Waals surface area contributed by atoms with E-state index < -0.39 is 5.97 Å². The van der Waals surface area contributed by atoms with Crippen molar-refractivity contribution >= 4 is 5.97 Å². The number of aromatic nitrogens is 3. The number of hydrogen-bond acceptors (Lipinski definition) is 2. The van der Waals surface area contributed by atoms with Crippen LogP contribution in [0.2, 0.25) is 0 Å². The summed E-state index contributed by atoms with van der Waals surface area (Å²) in [5.74, 6) is -0.900. The molecule has 2 aromatic rings. The van der Waals surface area contributed by atoms with Gasteiger partial charge in [0, 0.05) is 24.6 Å². The van der Waals surface area contributed by atoms with Crippen LogP contribution >= 0.6 is 0 Å². The summed E-state index contributed by atoms with van der Waals surface area (Å²) in [6, 6.07) is 1.67. The Morgan fingerprint density at radius 2 is 2.12 bits per heavy atom. The molecule has 5 nitrogen and oxygen atoms in total. The fraction of sp³-hybridized carbons (Fsp3) is 0.273. The first-order valence-electron chi connectivity index (χ1n) is 4.92. The summed E-state index contributed by atoms with van der Waals surface area (Å²) in [4.78, 5) is 11.0. The lowest BCUT2D eigenvalue weighted by Gasteiger charge is -2.05. The quantitative estimate of drug-likeness (QED) is 0.833. The maximum absolute atomic E-state index is 11.0. The van der Waals surface area contributed by atoms with Crippen LogP contribution < -0.4 is 0 Å². The van der Waals surface area contributed by atoms with Crippen molar-refractivity contribution in [1.29, 1.82) is 0 Å². The van der Waals surface area contributed by atoms with E-state index in [0.29, 0.717) is 5.56 Å². The molecule has 16 heavy (non-hydrogen) atoms. The van der Waals surface area contributed by atoms with Crippen LogP contribution in [0.15, 0.2) is 18.5 Å². The molecule has 1 N–H and O–H groups in total. The SMILES string of the molecule is Cc1cc(C(=O)O)c(C)n1-c1cnn(C)c1. The number of carboxylic acid groups (broad SMARTS) is 1. The smallest absolute Gasteiger partial charge is 0.337 e. The number of aromatic carboxylic acids is 1. The first-order valence-corrected chi connectivity index (χ1v) is 4.92. The Hall–Kier alpha value is -2.04. The van der Waals surface area contributed by atoms with Crippen molar-refractivity contribution in [2.24, 2.45) is 7.05 Å². The maximum atomic E-state index is 11.0. The van der Waals surface area contributed by atoms with E-state index in [1.165, 1.54) is 0 Å². The first kappa shape index (κ1) is 10.5. The zero-order chi connectivity index (χ0) is 11.9. The zero-order valence-electron chi connectivity index (χ0n) is 9.43. The van der Waals surface area contributed by atoms with Gasteiger partial charge in [-0.3, -0.25) is 4.68 Å². The molecule has 0 aliphatic carbocycles. The van der Waals surface area contributed by atoms with Crippen LogP contribution in [0.3, 0.4) is 0 Å². The molecular weight excluding hydrogens is 206 g/mol. The Balaban J connectivity index is 2.61. The Morgan fingerprint density at radius 1 is 1.44 bits per heavy atom. The van der Waals surface area contributed by atoms with Crippen molar-refractivity contribution in [2.75, 3.05) is 0 Å². The average molecular weight is 219 g/mol. The van der Waals surface area contributed by atoms with Gasteiger partial charge in [0.2, 0.25) is 0 Å². The van der Waals surface area contributed by atoms with Gasteiger partial charge in [0.05, 0.1) is 17.4 Å². The van der Waals surface area contributed by atoms with Crippen LogP contribution in [-0.2, 0) is 7.05 Å². The van der Waals surface area contributed by atoms with E-state index in [1.807, 2.05) is 24.7 Å². The molecule has 0 aliphatic heterocycles. The van der Waals surface area contributed by atoms with Gasteiger partial charge in [-0.15, -0.1) is 0 Å². The summed E-state index contributed by atoms with van der Waals surface area (Å²) in [5.41, 5.74) is 2.83. The third kappa shape index (κ3) is 1.50. The summed E-state index contributed by atoms with van der Waals surface area (Å²) in [5, 5.41) is 13.1. The molecule has 2 rings (SSSR count). The first-order chi connectivity index (χ1) is 7.50. The van der Waals surface area contributed by atoms with E-state index in [4.69, 9.17) is 5.11 Å². The van der Waals surface area contributed by atoms with Crippen LogP contribution in [0, 0.1) is 13.8 Å². The standard InChI is InChI=1S/C11H13N3O2/c1-7-4-10(11(15)16)8(2)14(7)9-5-12-13(3)6-9/h4-6H,1-3H3,(H,15,16). The third-order valence-electron chi connectivity index (χ3n) is 2.61. The van der Waals surface area contributed by atoms with Crippen molar-refractivity contribution in [3.8, 4) is 5.69 Å². The third-order valence-corrected chi connectivity index (χ3v) is 2.61. The fourth-order valence-corrected chi connectivity index (χ4v) is 1.90. The summed E-state index contributed by atoms with van der Waals surface area (Å²) >= 11 is 0. The highest BCUT2D eigenvalue weighted by Gasteiger charge is 2.16. The Morgan fingerprint density at radius 3 is 2.56 bits per heavy atom. The maximum Gasteiger partial charge on any atom is 0.337 e. The number of hydrogen-bond donors (Lipinski definition) is 1. The monoisotopic (exact) mass is 219 g/mol. The number of nitrogens with zero attached hydrogens (tertiary/aromatic N) is 3. The second-order valence-corrected chi connectivity index (χ2v) is 3.80. The molecule has 0 aliphatic rings. The van der Waals surface area contributed by atoms with Gasteiger partial charge in [-0.2, -0.15) is 5.10 Å². The average Bonchev–Trinajstić information content (AvgIpc) is 2.71. The van der Waals surface area contributed by atoms with Crippen LogP contribution in [0.5, 0.6) is 0 Å². The molecule has 0 fully saturated rings. The highest BCUT2D eigenvalue weighted by Crippen LogP contribution is 2.20. The van der Waals surface area contributed by atoms with Crippen molar-refractivity contribution in [2.45, 2.75) is 13.8 Å². The molecule has 0 spiro atoms. The molecule has 0 saturated carbocycles. The van der Waals surface area contributed by atoms with E-state index in [0.717, 1.165) is 17.1 Å². The van der Waals surface area contributed by atoms with E-state index in [2.05, 4.69) is 5.10 Å². The van der Waals surface area contributed by atoms with E-state index in [-0.39, 0.29) is 0 Å². The highest BCUT2D eigenvalue weighted by molar-refractivity contribution is 5.89. The zero-order valence-corrected chi connectivity index (χ0v) is 9.43. The molecule has 0 unspecified atom stereocenters. The lowest BCUT2D eigenvalue weighted by atomic mass is 10.2. The molecular formula is C11H13N3O2. The molecule has 0 amide bonds. The topological polar surface area (TPSA) is 60.0 Å². The van der Waals surface area contributed by atoms with Crippen molar-refractivity contribution in [3.63, 3.8) is 0 Å². The molecule has 0 bridgehead atoms. The lowest BCUT2D eigenvalue weighted by Crippen LogP contribution is -2.01. The minimum absolute atomic E-state index is 0.335. The predicted molar refractivity (Wildman–Crippen MR) is 59.0 cm³/mol. The van der Waals surface area contributed by atoms with Gasteiger partial charge in [-0.05, 0) is 19.9 Å². The lowest BCUT2D eigenvalue weighted by molar-refractivity contribution is 0.0696. The Labute approximate surface area is 92.9 Å². The van der Waals surface area contributed by atoms with Crippen molar-refractivity contribution < 1.29 is 9.90 Å². The number of carbonyl (C=O) groups is 1.